The van der Waals surface area contributed by atoms with E-state index in [1.807, 2.05) is 18.2 Å². The Morgan fingerprint density at radius 2 is 1.85 bits per heavy atom. The molecule has 0 spiro atoms. The highest BCUT2D eigenvalue weighted by Gasteiger charge is 2.16. The number of aliphatic carboxylic acids is 1. The molecule has 1 rings (SSSR count). The quantitative estimate of drug-likeness (QED) is 0.752. The van der Waals surface area contributed by atoms with Crippen molar-refractivity contribution in [3.63, 3.8) is 0 Å². The van der Waals surface area contributed by atoms with Crippen LogP contribution in [0.4, 0.5) is 0 Å². The van der Waals surface area contributed by atoms with Crippen LogP contribution in [0, 0.1) is 5.92 Å². The van der Waals surface area contributed by atoms with Gasteiger partial charge >= 0.3 is 5.97 Å². The second-order valence-corrected chi connectivity index (χ2v) is 5.62. The Morgan fingerprint density at radius 3 is 2.40 bits per heavy atom. The van der Waals surface area contributed by atoms with E-state index in [2.05, 4.69) is 36.0 Å². The Bertz CT molecular complexity index is 393. The molecule has 0 aliphatic heterocycles. The number of hydrogen-bond donors (Lipinski definition) is 1. The van der Waals surface area contributed by atoms with Crippen molar-refractivity contribution in [1.29, 1.82) is 0 Å². The van der Waals surface area contributed by atoms with Crippen LogP contribution in [0.1, 0.15) is 18.9 Å². The zero-order chi connectivity index (χ0) is 15.0. The molecule has 0 heterocycles. The topological polar surface area (TPSA) is 43.8 Å². The smallest absolute Gasteiger partial charge is 0.307 e. The molecule has 0 saturated heterocycles. The van der Waals surface area contributed by atoms with Gasteiger partial charge in [-0.25, -0.2) is 0 Å². The molecular weight excluding hydrogens is 252 g/mol. The molecule has 1 atom stereocenters. The number of carboxylic acid groups (broad SMARTS) is 1. The van der Waals surface area contributed by atoms with Crippen molar-refractivity contribution in [3.8, 4) is 0 Å². The first-order chi connectivity index (χ1) is 9.49. The SMILES string of the molecule is CC(CN(CCCN(C)C)Cc1ccccc1)C(=O)O. The summed E-state index contributed by atoms with van der Waals surface area (Å²) in [5.41, 5.74) is 1.23. The average molecular weight is 278 g/mol. The van der Waals surface area contributed by atoms with Gasteiger partial charge in [0.05, 0.1) is 5.92 Å². The molecule has 1 aromatic carbocycles. The summed E-state index contributed by atoms with van der Waals surface area (Å²) in [5, 5.41) is 9.08. The third-order valence-corrected chi connectivity index (χ3v) is 3.28. The van der Waals surface area contributed by atoms with E-state index in [4.69, 9.17) is 5.11 Å². The maximum atomic E-state index is 11.0. The second-order valence-electron chi connectivity index (χ2n) is 5.62. The van der Waals surface area contributed by atoms with Crippen molar-refractivity contribution in [2.75, 3.05) is 33.7 Å². The molecule has 0 saturated carbocycles. The van der Waals surface area contributed by atoms with Gasteiger partial charge in [0.25, 0.3) is 0 Å². The van der Waals surface area contributed by atoms with E-state index in [9.17, 15) is 4.79 Å². The van der Waals surface area contributed by atoms with Crippen molar-refractivity contribution >= 4 is 5.97 Å². The van der Waals surface area contributed by atoms with Crippen LogP contribution in [0.15, 0.2) is 30.3 Å². The molecule has 4 heteroatoms. The van der Waals surface area contributed by atoms with Gasteiger partial charge < -0.3 is 10.0 Å². The number of benzene rings is 1. The van der Waals surface area contributed by atoms with E-state index in [0.29, 0.717) is 6.54 Å². The Hall–Kier alpha value is -1.39. The Kier molecular flexibility index (Phi) is 7.26. The zero-order valence-corrected chi connectivity index (χ0v) is 12.7. The Labute approximate surface area is 122 Å². The molecule has 0 aliphatic rings. The minimum absolute atomic E-state index is 0.335. The molecule has 0 radical (unpaired) electrons. The normalized spacial score (nSPS) is 12.8. The van der Waals surface area contributed by atoms with Gasteiger partial charge in [-0.05, 0) is 39.2 Å². The molecule has 1 N–H and O–H groups in total. The first-order valence-electron chi connectivity index (χ1n) is 7.13. The first-order valence-corrected chi connectivity index (χ1v) is 7.13. The minimum atomic E-state index is -0.726. The predicted molar refractivity (Wildman–Crippen MR) is 81.7 cm³/mol. The van der Waals surface area contributed by atoms with Crippen molar-refractivity contribution < 1.29 is 9.90 Å². The molecule has 1 unspecified atom stereocenters. The van der Waals surface area contributed by atoms with Crippen molar-refractivity contribution in [2.24, 2.45) is 5.92 Å². The van der Waals surface area contributed by atoms with Crippen molar-refractivity contribution in [2.45, 2.75) is 19.9 Å². The van der Waals surface area contributed by atoms with E-state index in [1.165, 1.54) is 5.56 Å². The van der Waals surface area contributed by atoms with Crippen LogP contribution in [0.5, 0.6) is 0 Å². The third-order valence-electron chi connectivity index (χ3n) is 3.28. The molecule has 0 aliphatic carbocycles. The van der Waals surface area contributed by atoms with E-state index in [0.717, 1.165) is 26.1 Å². The number of carbonyl (C=O) groups is 1. The first kappa shape index (κ1) is 16.7. The molecule has 112 valence electrons. The van der Waals surface area contributed by atoms with Crippen LogP contribution in [0.3, 0.4) is 0 Å². The molecule has 0 aromatic heterocycles. The lowest BCUT2D eigenvalue weighted by molar-refractivity contribution is -0.141. The third kappa shape index (κ3) is 6.68. The summed E-state index contributed by atoms with van der Waals surface area (Å²) in [7, 11) is 4.11. The highest BCUT2D eigenvalue weighted by atomic mass is 16.4. The van der Waals surface area contributed by atoms with Gasteiger partial charge in [-0.1, -0.05) is 37.3 Å². The second kappa shape index (κ2) is 8.72. The molecular formula is C16H26N2O2. The Morgan fingerprint density at radius 1 is 1.20 bits per heavy atom. The van der Waals surface area contributed by atoms with E-state index < -0.39 is 5.97 Å². The number of carboxylic acids is 1. The molecule has 0 fully saturated rings. The fraction of sp³-hybridized carbons (Fsp3) is 0.562. The summed E-state index contributed by atoms with van der Waals surface area (Å²) in [6.07, 6.45) is 1.05. The molecule has 0 amide bonds. The highest BCUT2D eigenvalue weighted by molar-refractivity contribution is 5.69. The zero-order valence-electron chi connectivity index (χ0n) is 12.7. The largest absolute Gasteiger partial charge is 0.481 e. The Balaban J connectivity index is 2.56. The molecule has 1 aromatic rings. The summed E-state index contributed by atoms with van der Waals surface area (Å²) >= 11 is 0. The summed E-state index contributed by atoms with van der Waals surface area (Å²) in [5.74, 6) is -1.06. The van der Waals surface area contributed by atoms with Crippen molar-refractivity contribution in [1.82, 2.24) is 9.80 Å². The van der Waals surface area contributed by atoms with E-state index in [1.54, 1.807) is 6.92 Å². The van der Waals surface area contributed by atoms with Gasteiger partial charge in [0.15, 0.2) is 0 Å². The molecule has 4 nitrogen and oxygen atoms in total. The number of nitrogens with zero attached hydrogens (tertiary/aromatic N) is 2. The van der Waals surface area contributed by atoms with Crippen LogP contribution in [-0.2, 0) is 11.3 Å². The average Bonchev–Trinajstić information content (AvgIpc) is 2.39. The highest BCUT2D eigenvalue weighted by Crippen LogP contribution is 2.08. The fourth-order valence-corrected chi connectivity index (χ4v) is 2.15. The maximum absolute atomic E-state index is 11.0. The van der Waals surface area contributed by atoms with Crippen LogP contribution < -0.4 is 0 Å². The van der Waals surface area contributed by atoms with E-state index in [-0.39, 0.29) is 5.92 Å². The summed E-state index contributed by atoms with van der Waals surface area (Å²) in [6.45, 7) is 5.12. The monoisotopic (exact) mass is 278 g/mol. The summed E-state index contributed by atoms with van der Waals surface area (Å²) in [6, 6.07) is 10.2. The van der Waals surface area contributed by atoms with Gasteiger partial charge in [0.2, 0.25) is 0 Å². The van der Waals surface area contributed by atoms with Crippen LogP contribution >= 0.6 is 0 Å². The van der Waals surface area contributed by atoms with Gasteiger partial charge in [0.1, 0.15) is 0 Å². The summed E-state index contributed by atoms with van der Waals surface area (Å²) < 4.78 is 0. The minimum Gasteiger partial charge on any atom is -0.481 e. The van der Waals surface area contributed by atoms with Gasteiger partial charge in [-0.2, -0.15) is 0 Å². The molecule has 0 bridgehead atoms. The van der Waals surface area contributed by atoms with Crippen molar-refractivity contribution in [3.05, 3.63) is 35.9 Å². The maximum Gasteiger partial charge on any atom is 0.307 e. The van der Waals surface area contributed by atoms with Gasteiger partial charge in [-0.3, -0.25) is 9.69 Å². The van der Waals surface area contributed by atoms with Gasteiger partial charge in [-0.15, -0.1) is 0 Å². The number of rotatable bonds is 9. The summed E-state index contributed by atoms with van der Waals surface area (Å²) in [4.78, 5) is 15.4. The lowest BCUT2D eigenvalue weighted by Gasteiger charge is -2.25. The van der Waals surface area contributed by atoms with Crippen LogP contribution in [0.2, 0.25) is 0 Å². The van der Waals surface area contributed by atoms with Crippen LogP contribution in [-0.4, -0.2) is 54.6 Å². The molecule has 20 heavy (non-hydrogen) atoms. The van der Waals surface area contributed by atoms with E-state index >= 15 is 0 Å². The standard InChI is InChI=1S/C16H26N2O2/c1-14(16(19)20)12-18(11-7-10-17(2)3)13-15-8-5-4-6-9-15/h4-6,8-9,14H,7,10-13H2,1-3H3,(H,19,20). The fourth-order valence-electron chi connectivity index (χ4n) is 2.15. The predicted octanol–water partition coefficient (Wildman–Crippen LogP) is 2.16. The number of hydrogen-bond acceptors (Lipinski definition) is 3. The van der Waals surface area contributed by atoms with Gasteiger partial charge in [0, 0.05) is 13.1 Å². The lowest BCUT2D eigenvalue weighted by Crippen LogP contribution is -2.33. The lowest BCUT2D eigenvalue weighted by atomic mass is 10.1. The van der Waals surface area contributed by atoms with Crippen LogP contribution in [0.25, 0.3) is 0 Å².